The van der Waals surface area contributed by atoms with Crippen molar-refractivity contribution >= 4 is 21.6 Å². The van der Waals surface area contributed by atoms with Gasteiger partial charge in [0.1, 0.15) is 4.90 Å². The first-order valence-electron chi connectivity index (χ1n) is 10.8. The number of rotatable bonds is 6. The van der Waals surface area contributed by atoms with Crippen LogP contribution in [0.1, 0.15) is 32.9 Å². The lowest BCUT2D eigenvalue weighted by molar-refractivity contribution is 0.0730. The average molecular weight is 469 g/mol. The van der Waals surface area contributed by atoms with Crippen molar-refractivity contribution < 1.29 is 17.9 Å². The van der Waals surface area contributed by atoms with E-state index >= 15 is 0 Å². The topological polar surface area (TPSA) is 93.5 Å². The van der Waals surface area contributed by atoms with Crippen molar-refractivity contribution in [2.75, 3.05) is 31.6 Å². The van der Waals surface area contributed by atoms with Crippen molar-refractivity contribution in [2.24, 2.45) is 0 Å². The van der Waals surface area contributed by atoms with Crippen LogP contribution >= 0.6 is 0 Å². The summed E-state index contributed by atoms with van der Waals surface area (Å²) < 4.78 is 34.8. The van der Waals surface area contributed by atoms with Gasteiger partial charge in [-0.2, -0.15) is 9.40 Å². The number of sulfonamides is 1. The first-order valence-corrected chi connectivity index (χ1v) is 12.3. The largest absolute Gasteiger partial charge is 0.379 e. The van der Waals surface area contributed by atoms with Crippen molar-refractivity contribution in [3.8, 4) is 0 Å². The highest BCUT2D eigenvalue weighted by Crippen LogP contribution is 2.25. The maximum absolute atomic E-state index is 13.2. The summed E-state index contributed by atoms with van der Waals surface area (Å²) in [5.74, 6) is -0.185. The van der Waals surface area contributed by atoms with Crippen molar-refractivity contribution in [2.45, 2.75) is 32.2 Å². The Balaban J connectivity index is 1.49. The second kappa shape index (κ2) is 9.46. The standard InChI is InChI=1S/C24H28N4O4S/c1-17-4-10-22(11-5-17)25-24(29)21-8-6-20(7-9-21)16-28-19(3)23(18(2)26-28)33(30,31)27-12-14-32-15-13-27/h4-11H,12-16H2,1-3H3,(H,25,29). The van der Waals surface area contributed by atoms with Gasteiger partial charge in [-0.25, -0.2) is 8.42 Å². The number of hydrogen-bond acceptors (Lipinski definition) is 5. The Labute approximate surface area is 194 Å². The molecule has 1 aliphatic heterocycles. The van der Waals surface area contributed by atoms with Gasteiger partial charge in [-0.1, -0.05) is 29.8 Å². The van der Waals surface area contributed by atoms with E-state index in [1.807, 2.05) is 43.3 Å². The number of hydrogen-bond donors (Lipinski definition) is 1. The monoisotopic (exact) mass is 468 g/mol. The van der Waals surface area contributed by atoms with Gasteiger partial charge in [0.15, 0.2) is 0 Å². The van der Waals surface area contributed by atoms with E-state index in [0.29, 0.717) is 49.8 Å². The van der Waals surface area contributed by atoms with Crippen LogP contribution in [0.5, 0.6) is 0 Å². The predicted octanol–water partition coefficient (Wildman–Crippen LogP) is 3.13. The molecule has 0 spiro atoms. The van der Waals surface area contributed by atoms with E-state index in [9.17, 15) is 13.2 Å². The van der Waals surface area contributed by atoms with Gasteiger partial charge in [0.25, 0.3) is 5.91 Å². The summed E-state index contributed by atoms with van der Waals surface area (Å²) in [6.07, 6.45) is 0. The minimum absolute atomic E-state index is 0.185. The quantitative estimate of drug-likeness (QED) is 0.600. The molecular weight excluding hydrogens is 440 g/mol. The summed E-state index contributed by atoms with van der Waals surface area (Å²) in [5, 5.41) is 7.37. The number of benzene rings is 2. The minimum atomic E-state index is -3.63. The third-order valence-electron chi connectivity index (χ3n) is 5.74. The number of carbonyl (C=O) groups excluding carboxylic acids is 1. The molecule has 0 unspecified atom stereocenters. The van der Waals surface area contributed by atoms with Crippen LogP contribution in [0.25, 0.3) is 0 Å². The van der Waals surface area contributed by atoms with E-state index in [0.717, 1.165) is 16.8 Å². The van der Waals surface area contributed by atoms with Gasteiger partial charge in [0.2, 0.25) is 10.0 Å². The number of carbonyl (C=O) groups is 1. The van der Waals surface area contributed by atoms with Gasteiger partial charge in [-0.15, -0.1) is 0 Å². The first-order chi connectivity index (χ1) is 15.8. The Bertz CT molecular complexity index is 1240. The summed E-state index contributed by atoms with van der Waals surface area (Å²) in [4.78, 5) is 12.8. The highest BCUT2D eigenvalue weighted by Gasteiger charge is 2.32. The summed E-state index contributed by atoms with van der Waals surface area (Å²) in [6.45, 7) is 7.38. The lowest BCUT2D eigenvalue weighted by Gasteiger charge is -2.26. The fraction of sp³-hybridized carbons (Fsp3) is 0.333. The molecule has 8 nitrogen and oxygen atoms in total. The molecule has 0 aliphatic carbocycles. The Hall–Kier alpha value is -3.01. The van der Waals surface area contributed by atoms with E-state index in [-0.39, 0.29) is 10.8 Å². The first kappa shape index (κ1) is 23.2. The number of nitrogens with zero attached hydrogens (tertiary/aromatic N) is 3. The molecule has 0 saturated carbocycles. The molecule has 9 heteroatoms. The summed E-state index contributed by atoms with van der Waals surface area (Å²) >= 11 is 0. The lowest BCUT2D eigenvalue weighted by Crippen LogP contribution is -2.41. The van der Waals surface area contributed by atoms with E-state index < -0.39 is 10.0 Å². The summed E-state index contributed by atoms with van der Waals surface area (Å²) in [5.41, 5.74) is 4.41. The van der Waals surface area contributed by atoms with Crippen LogP contribution in [-0.4, -0.2) is 54.7 Å². The van der Waals surface area contributed by atoms with Crippen LogP contribution < -0.4 is 5.32 Å². The van der Waals surface area contributed by atoms with Gasteiger partial charge in [0.05, 0.1) is 31.1 Å². The second-order valence-electron chi connectivity index (χ2n) is 8.19. The molecule has 1 saturated heterocycles. The van der Waals surface area contributed by atoms with Crippen LogP contribution in [0.4, 0.5) is 5.69 Å². The van der Waals surface area contributed by atoms with Crippen molar-refractivity contribution in [1.29, 1.82) is 0 Å². The van der Waals surface area contributed by atoms with Crippen LogP contribution in [0.3, 0.4) is 0 Å². The SMILES string of the molecule is Cc1ccc(NC(=O)c2ccc(Cn3nc(C)c(S(=O)(=O)N4CCOCC4)c3C)cc2)cc1. The molecule has 1 aliphatic rings. The molecule has 1 N–H and O–H groups in total. The number of ether oxygens (including phenoxy) is 1. The van der Waals surface area contributed by atoms with E-state index in [2.05, 4.69) is 10.4 Å². The third-order valence-corrected chi connectivity index (χ3v) is 7.89. The molecule has 2 aromatic carbocycles. The zero-order valence-corrected chi connectivity index (χ0v) is 19.9. The highest BCUT2D eigenvalue weighted by atomic mass is 32.2. The van der Waals surface area contributed by atoms with Gasteiger partial charge in [0, 0.05) is 24.3 Å². The van der Waals surface area contributed by atoms with Gasteiger partial charge in [-0.05, 0) is 50.6 Å². The number of aryl methyl sites for hydroxylation is 2. The molecule has 0 atom stereocenters. The molecule has 1 aromatic heterocycles. The Morgan fingerprint density at radius 1 is 1.00 bits per heavy atom. The minimum Gasteiger partial charge on any atom is -0.379 e. The van der Waals surface area contributed by atoms with Gasteiger partial charge >= 0.3 is 0 Å². The van der Waals surface area contributed by atoms with Gasteiger partial charge in [-0.3, -0.25) is 9.48 Å². The van der Waals surface area contributed by atoms with Crippen LogP contribution in [0.2, 0.25) is 0 Å². The van der Waals surface area contributed by atoms with Crippen LogP contribution in [0, 0.1) is 20.8 Å². The zero-order chi connectivity index (χ0) is 23.6. The lowest BCUT2D eigenvalue weighted by atomic mass is 10.1. The molecule has 0 bridgehead atoms. The van der Waals surface area contributed by atoms with Crippen molar-refractivity contribution in [3.05, 3.63) is 76.6 Å². The van der Waals surface area contributed by atoms with Crippen molar-refractivity contribution in [3.63, 3.8) is 0 Å². The molecular formula is C24H28N4O4S. The molecule has 1 fully saturated rings. The Kier molecular flexibility index (Phi) is 6.64. The Morgan fingerprint density at radius 2 is 1.64 bits per heavy atom. The number of aromatic nitrogens is 2. The molecule has 2 heterocycles. The predicted molar refractivity (Wildman–Crippen MR) is 126 cm³/mol. The highest BCUT2D eigenvalue weighted by molar-refractivity contribution is 7.89. The molecule has 3 aromatic rings. The Morgan fingerprint density at radius 3 is 2.27 bits per heavy atom. The number of amides is 1. The number of nitrogens with one attached hydrogen (secondary N) is 1. The van der Waals surface area contributed by atoms with Crippen LogP contribution in [0.15, 0.2) is 53.4 Å². The zero-order valence-electron chi connectivity index (χ0n) is 19.0. The number of morpholine rings is 1. The molecule has 1 amide bonds. The maximum Gasteiger partial charge on any atom is 0.255 e. The fourth-order valence-electron chi connectivity index (χ4n) is 3.90. The van der Waals surface area contributed by atoms with Crippen molar-refractivity contribution in [1.82, 2.24) is 14.1 Å². The average Bonchev–Trinajstić information content (AvgIpc) is 3.09. The summed E-state index contributed by atoms with van der Waals surface area (Å²) in [6, 6.07) is 14.9. The number of anilines is 1. The van der Waals surface area contributed by atoms with E-state index in [1.54, 1.807) is 30.7 Å². The summed E-state index contributed by atoms with van der Waals surface area (Å²) in [7, 11) is -3.63. The molecule has 174 valence electrons. The molecule has 33 heavy (non-hydrogen) atoms. The van der Waals surface area contributed by atoms with E-state index in [1.165, 1.54) is 4.31 Å². The second-order valence-corrected chi connectivity index (χ2v) is 10.1. The molecule has 0 radical (unpaired) electrons. The fourth-order valence-corrected chi connectivity index (χ4v) is 5.68. The van der Waals surface area contributed by atoms with Crippen LogP contribution in [-0.2, 0) is 21.3 Å². The maximum atomic E-state index is 13.2. The smallest absolute Gasteiger partial charge is 0.255 e. The molecule has 4 rings (SSSR count). The van der Waals surface area contributed by atoms with E-state index in [4.69, 9.17) is 4.74 Å². The third kappa shape index (κ3) is 5.00. The van der Waals surface area contributed by atoms with Gasteiger partial charge < -0.3 is 10.1 Å². The normalized spacial score (nSPS) is 14.9.